The van der Waals surface area contributed by atoms with Gasteiger partial charge in [0.15, 0.2) is 19.7 Å². The van der Waals surface area contributed by atoms with Crippen LogP contribution in [-0.4, -0.2) is 55.2 Å². The van der Waals surface area contributed by atoms with Gasteiger partial charge in [-0.2, -0.15) is 0 Å². The van der Waals surface area contributed by atoms with Crippen LogP contribution in [0.25, 0.3) is 0 Å². The second-order valence-electron chi connectivity index (χ2n) is 7.24. The molecule has 21 heavy (non-hydrogen) atoms. The monoisotopic (exact) mass is 318 g/mol. The van der Waals surface area contributed by atoms with E-state index in [4.69, 9.17) is 4.43 Å². The molecule has 2 N–H and O–H groups in total. The third-order valence-electron chi connectivity index (χ3n) is 4.47. The summed E-state index contributed by atoms with van der Waals surface area (Å²) in [5.74, 6) is -1.37. The predicted molar refractivity (Wildman–Crippen MR) is 79.3 cm³/mol. The molecular formula is C14H26O6Si. The van der Waals surface area contributed by atoms with Crippen LogP contribution in [0.5, 0.6) is 0 Å². The van der Waals surface area contributed by atoms with Crippen LogP contribution in [0.3, 0.4) is 0 Å². The Balaban J connectivity index is 2.91. The zero-order valence-corrected chi connectivity index (χ0v) is 14.6. The molecule has 6 nitrogen and oxygen atoms in total. The Morgan fingerprint density at radius 2 is 1.90 bits per heavy atom. The predicted octanol–water partition coefficient (Wildman–Crippen LogP) is 1.00. The first-order chi connectivity index (χ1) is 9.34. The molecule has 0 unspecified atom stereocenters. The molecule has 1 rings (SSSR count). The fourth-order valence-electron chi connectivity index (χ4n) is 2.11. The molecule has 0 aromatic heterocycles. The number of carbonyl (C=O) groups excluding carboxylic acids is 2. The van der Waals surface area contributed by atoms with Gasteiger partial charge in [0.25, 0.3) is 0 Å². The molecule has 0 radical (unpaired) electrons. The van der Waals surface area contributed by atoms with E-state index < -0.39 is 44.3 Å². The van der Waals surface area contributed by atoms with Gasteiger partial charge in [-0.05, 0) is 18.1 Å². The summed E-state index contributed by atoms with van der Waals surface area (Å²) in [7, 11) is -1.10. The van der Waals surface area contributed by atoms with Gasteiger partial charge < -0.3 is 19.4 Å². The fraction of sp³-hybridized carbons (Fsp3) is 0.857. The average Bonchev–Trinajstić information content (AvgIpc) is 2.31. The highest BCUT2D eigenvalue weighted by molar-refractivity contribution is 6.74. The lowest BCUT2D eigenvalue weighted by molar-refractivity contribution is -0.178. The largest absolute Gasteiger partial charge is 0.467 e. The quantitative estimate of drug-likeness (QED) is 0.596. The van der Waals surface area contributed by atoms with E-state index in [0.29, 0.717) is 0 Å². The van der Waals surface area contributed by atoms with Gasteiger partial charge in [0.05, 0.1) is 13.2 Å². The van der Waals surface area contributed by atoms with Crippen LogP contribution in [0.2, 0.25) is 18.1 Å². The first-order valence-corrected chi connectivity index (χ1v) is 9.94. The molecule has 1 aliphatic rings. The van der Waals surface area contributed by atoms with Crippen molar-refractivity contribution in [1.29, 1.82) is 0 Å². The van der Waals surface area contributed by atoms with E-state index in [-0.39, 0.29) is 11.5 Å². The Labute approximate surface area is 126 Å². The Bertz CT molecular complexity index is 428. The van der Waals surface area contributed by atoms with Crippen LogP contribution >= 0.6 is 0 Å². The Kier molecular flexibility index (Phi) is 5.04. The normalized spacial score (nSPS) is 31.1. The molecule has 0 amide bonds. The van der Waals surface area contributed by atoms with Crippen molar-refractivity contribution in [3.05, 3.63) is 0 Å². The molecule has 3 atom stereocenters. The molecule has 0 spiro atoms. The first-order valence-electron chi connectivity index (χ1n) is 7.03. The number of aliphatic hydroxyl groups excluding tert-OH is 1. The second-order valence-corrected chi connectivity index (χ2v) is 12.0. The van der Waals surface area contributed by atoms with Gasteiger partial charge in [0, 0.05) is 12.8 Å². The molecule has 0 saturated heterocycles. The number of esters is 1. The van der Waals surface area contributed by atoms with Gasteiger partial charge in [-0.1, -0.05) is 20.8 Å². The lowest BCUT2D eigenvalue weighted by Gasteiger charge is -2.43. The van der Waals surface area contributed by atoms with E-state index in [9.17, 15) is 19.8 Å². The minimum atomic E-state index is -2.24. The molecule has 122 valence electrons. The Morgan fingerprint density at radius 1 is 1.38 bits per heavy atom. The molecular weight excluding hydrogens is 292 g/mol. The zero-order valence-electron chi connectivity index (χ0n) is 13.6. The summed E-state index contributed by atoms with van der Waals surface area (Å²) < 4.78 is 10.4. The SMILES string of the molecule is COC(=O)[C@]1(O)CC(=O)[C@@H](O[Si](C)(C)C(C)(C)C)[C@H](O)C1. The number of aliphatic hydroxyl groups is 2. The summed E-state index contributed by atoms with van der Waals surface area (Å²) in [6.45, 7) is 10.1. The van der Waals surface area contributed by atoms with E-state index >= 15 is 0 Å². The van der Waals surface area contributed by atoms with Gasteiger partial charge in [0.2, 0.25) is 0 Å². The number of hydrogen-bond acceptors (Lipinski definition) is 6. The maximum Gasteiger partial charge on any atom is 0.338 e. The van der Waals surface area contributed by atoms with Crippen LogP contribution in [0, 0.1) is 0 Å². The third-order valence-corrected chi connectivity index (χ3v) is 8.93. The topological polar surface area (TPSA) is 93.1 Å². The van der Waals surface area contributed by atoms with Crippen LogP contribution in [0.15, 0.2) is 0 Å². The van der Waals surface area contributed by atoms with E-state index in [1.165, 1.54) is 0 Å². The molecule has 0 bridgehead atoms. The minimum absolute atomic E-state index is 0.108. The van der Waals surface area contributed by atoms with Crippen molar-refractivity contribution in [2.24, 2.45) is 0 Å². The summed E-state index contributed by atoms with van der Waals surface area (Å²) in [4.78, 5) is 23.8. The summed E-state index contributed by atoms with van der Waals surface area (Å²) in [6.07, 6.45) is -2.86. The lowest BCUT2D eigenvalue weighted by Crippen LogP contribution is -2.58. The highest BCUT2D eigenvalue weighted by Gasteiger charge is 2.52. The highest BCUT2D eigenvalue weighted by atomic mass is 28.4. The van der Waals surface area contributed by atoms with Crippen molar-refractivity contribution >= 4 is 20.1 Å². The zero-order chi connectivity index (χ0) is 16.6. The number of methoxy groups -OCH3 is 1. The van der Waals surface area contributed by atoms with Crippen molar-refractivity contribution in [1.82, 2.24) is 0 Å². The minimum Gasteiger partial charge on any atom is -0.467 e. The van der Waals surface area contributed by atoms with Crippen LogP contribution in [0.1, 0.15) is 33.6 Å². The van der Waals surface area contributed by atoms with Crippen molar-refractivity contribution in [2.75, 3.05) is 7.11 Å². The number of carbonyl (C=O) groups is 2. The van der Waals surface area contributed by atoms with E-state index in [1.807, 2.05) is 33.9 Å². The maximum atomic E-state index is 12.2. The van der Waals surface area contributed by atoms with Crippen molar-refractivity contribution in [3.8, 4) is 0 Å². The Morgan fingerprint density at radius 3 is 2.29 bits per heavy atom. The highest BCUT2D eigenvalue weighted by Crippen LogP contribution is 2.39. The summed E-state index contributed by atoms with van der Waals surface area (Å²) in [6, 6.07) is 0. The maximum absolute atomic E-state index is 12.2. The molecule has 0 aliphatic heterocycles. The summed E-state index contributed by atoms with van der Waals surface area (Å²) in [5.41, 5.74) is -1.96. The van der Waals surface area contributed by atoms with Gasteiger partial charge in [0.1, 0.15) is 6.10 Å². The van der Waals surface area contributed by atoms with Gasteiger partial charge in [-0.25, -0.2) is 4.79 Å². The summed E-state index contributed by atoms with van der Waals surface area (Å²) >= 11 is 0. The molecule has 0 aromatic carbocycles. The van der Waals surface area contributed by atoms with Gasteiger partial charge >= 0.3 is 5.97 Å². The molecule has 0 aromatic rings. The fourth-order valence-corrected chi connectivity index (χ4v) is 3.39. The number of hydrogen-bond donors (Lipinski definition) is 2. The van der Waals surface area contributed by atoms with Crippen molar-refractivity contribution < 1.29 is 29.0 Å². The van der Waals surface area contributed by atoms with E-state index in [0.717, 1.165) is 7.11 Å². The molecule has 1 aliphatic carbocycles. The van der Waals surface area contributed by atoms with Crippen molar-refractivity contribution in [3.63, 3.8) is 0 Å². The van der Waals surface area contributed by atoms with Crippen LogP contribution in [-0.2, 0) is 18.8 Å². The smallest absolute Gasteiger partial charge is 0.338 e. The van der Waals surface area contributed by atoms with E-state index in [1.54, 1.807) is 0 Å². The standard InChI is InChI=1S/C14H26O6Si/c1-13(2,3)21(5,6)20-11-9(15)7-14(18,8-10(11)16)12(17)19-4/h9,11,15,18H,7-8H2,1-6H3/t9-,11+,14-/m1/s1. The molecule has 1 fully saturated rings. The van der Waals surface area contributed by atoms with Crippen molar-refractivity contribution in [2.45, 2.75) is 69.6 Å². The molecule has 1 saturated carbocycles. The van der Waals surface area contributed by atoms with E-state index in [2.05, 4.69) is 4.74 Å². The first kappa shape index (κ1) is 18.3. The molecule has 0 heterocycles. The number of rotatable bonds is 3. The summed E-state index contributed by atoms with van der Waals surface area (Å²) in [5, 5.41) is 20.2. The number of ketones is 1. The van der Waals surface area contributed by atoms with Crippen LogP contribution in [0.4, 0.5) is 0 Å². The molecule has 7 heteroatoms. The number of Topliss-reactive ketones (excluding diaryl/α,β-unsaturated/α-hetero) is 1. The average molecular weight is 318 g/mol. The van der Waals surface area contributed by atoms with Gasteiger partial charge in [-0.15, -0.1) is 0 Å². The van der Waals surface area contributed by atoms with Crippen LogP contribution < -0.4 is 0 Å². The second kappa shape index (κ2) is 5.79. The Hall–Kier alpha value is -0.763. The third kappa shape index (κ3) is 3.71. The van der Waals surface area contributed by atoms with Gasteiger partial charge in [-0.3, -0.25) is 4.79 Å². The lowest BCUT2D eigenvalue weighted by atomic mass is 9.81. The number of ether oxygens (including phenoxy) is 1.